The van der Waals surface area contributed by atoms with Crippen molar-refractivity contribution in [2.75, 3.05) is 10.6 Å². The molecule has 1 aromatic heterocycles. The van der Waals surface area contributed by atoms with Gasteiger partial charge in [-0.3, -0.25) is 9.59 Å². The van der Waals surface area contributed by atoms with E-state index in [1.807, 2.05) is 50.4 Å². The summed E-state index contributed by atoms with van der Waals surface area (Å²) in [6, 6.07) is 7.43. The van der Waals surface area contributed by atoms with E-state index in [0.29, 0.717) is 11.6 Å². The van der Waals surface area contributed by atoms with Crippen LogP contribution in [0.5, 0.6) is 0 Å². The highest BCUT2D eigenvalue weighted by molar-refractivity contribution is 7.14. The lowest BCUT2D eigenvalue weighted by molar-refractivity contribution is -0.118. The molecule has 1 heterocycles. The molecule has 0 fully saturated rings. The Labute approximate surface area is 140 Å². The average Bonchev–Trinajstić information content (AvgIpc) is 2.85. The van der Waals surface area contributed by atoms with Crippen molar-refractivity contribution in [2.24, 2.45) is 5.41 Å². The molecule has 0 saturated carbocycles. The van der Waals surface area contributed by atoms with E-state index >= 15 is 0 Å². The first-order chi connectivity index (χ1) is 10.7. The second kappa shape index (κ2) is 6.91. The van der Waals surface area contributed by atoms with E-state index in [0.717, 1.165) is 16.9 Å². The van der Waals surface area contributed by atoms with Crippen LogP contribution in [0.25, 0.3) is 11.3 Å². The van der Waals surface area contributed by atoms with Crippen LogP contribution in [0.3, 0.4) is 0 Å². The van der Waals surface area contributed by atoms with Crippen LogP contribution >= 0.6 is 11.3 Å². The maximum absolute atomic E-state index is 11.9. The number of nitrogens with zero attached hydrogens (tertiary/aromatic N) is 1. The van der Waals surface area contributed by atoms with E-state index < -0.39 is 0 Å². The molecule has 122 valence electrons. The number of carbonyl (C=O) groups is 2. The molecule has 23 heavy (non-hydrogen) atoms. The van der Waals surface area contributed by atoms with Gasteiger partial charge in [-0.2, -0.15) is 0 Å². The number of thiazole rings is 1. The van der Waals surface area contributed by atoms with E-state index in [2.05, 4.69) is 15.6 Å². The van der Waals surface area contributed by atoms with E-state index in [9.17, 15) is 9.59 Å². The fraction of sp³-hybridized carbons (Fsp3) is 0.353. The summed E-state index contributed by atoms with van der Waals surface area (Å²) in [5, 5.41) is 8.06. The van der Waals surface area contributed by atoms with E-state index in [4.69, 9.17) is 0 Å². The zero-order chi connectivity index (χ0) is 17.0. The SMILES string of the molecule is CC(=O)Nc1ccc(-c2csc(NC(=O)CC(C)(C)C)n2)cc1. The first-order valence-corrected chi connectivity index (χ1v) is 8.24. The first kappa shape index (κ1) is 17.1. The minimum Gasteiger partial charge on any atom is -0.326 e. The topological polar surface area (TPSA) is 71.1 Å². The fourth-order valence-electron chi connectivity index (χ4n) is 2.04. The molecule has 2 rings (SSSR count). The largest absolute Gasteiger partial charge is 0.326 e. The van der Waals surface area contributed by atoms with Gasteiger partial charge in [-0.15, -0.1) is 11.3 Å². The van der Waals surface area contributed by atoms with Crippen molar-refractivity contribution in [1.29, 1.82) is 0 Å². The molecule has 1 aromatic carbocycles. The summed E-state index contributed by atoms with van der Waals surface area (Å²) >= 11 is 1.40. The number of nitrogens with one attached hydrogen (secondary N) is 2. The predicted molar refractivity (Wildman–Crippen MR) is 94.6 cm³/mol. The Kier molecular flexibility index (Phi) is 5.15. The highest BCUT2D eigenvalue weighted by atomic mass is 32.1. The van der Waals surface area contributed by atoms with Crippen LogP contribution in [0, 0.1) is 5.41 Å². The van der Waals surface area contributed by atoms with Gasteiger partial charge in [0.1, 0.15) is 0 Å². The van der Waals surface area contributed by atoms with Crippen LogP contribution in [-0.2, 0) is 9.59 Å². The van der Waals surface area contributed by atoms with Crippen molar-refractivity contribution >= 4 is 34.0 Å². The standard InChI is InChI=1S/C17H21N3O2S/c1-11(21)18-13-7-5-12(6-8-13)14-10-23-16(19-14)20-15(22)9-17(2,3)4/h5-8,10H,9H2,1-4H3,(H,18,21)(H,19,20,22). The summed E-state index contributed by atoms with van der Waals surface area (Å²) in [4.78, 5) is 27.4. The number of aromatic nitrogens is 1. The summed E-state index contributed by atoms with van der Waals surface area (Å²) in [6.07, 6.45) is 0.452. The van der Waals surface area contributed by atoms with Crippen LogP contribution in [0.2, 0.25) is 0 Å². The molecule has 0 aliphatic carbocycles. The number of benzene rings is 1. The van der Waals surface area contributed by atoms with Gasteiger partial charge in [-0.25, -0.2) is 4.98 Å². The molecule has 0 atom stereocenters. The molecule has 0 bridgehead atoms. The molecule has 5 nitrogen and oxygen atoms in total. The van der Waals surface area contributed by atoms with Crippen molar-refractivity contribution < 1.29 is 9.59 Å². The van der Waals surface area contributed by atoms with Crippen LogP contribution in [0.15, 0.2) is 29.6 Å². The highest BCUT2D eigenvalue weighted by Gasteiger charge is 2.17. The predicted octanol–water partition coefficient (Wildman–Crippen LogP) is 4.14. The van der Waals surface area contributed by atoms with Crippen molar-refractivity contribution in [1.82, 2.24) is 4.98 Å². The van der Waals surface area contributed by atoms with Gasteiger partial charge in [-0.1, -0.05) is 32.9 Å². The van der Waals surface area contributed by atoms with E-state index in [1.54, 1.807) is 0 Å². The van der Waals surface area contributed by atoms with E-state index in [-0.39, 0.29) is 17.2 Å². The number of rotatable bonds is 4. The Morgan fingerprint density at radius 2 is 1.78 bits per heavy atom. The maximum atomic E-state index is 11.9. The Balaban J connectivity index is 2.04. The van der Waals surface area contributed by atoms with Gasteiger partial charge in [-0.05, 0) is 17.5 Å². The van der Waals surface area contributed by atoms with Crippen LogP contribution in [0.1, 0.15) is 34.1 Å². The van der Waals surface area contributed by atoms with Crippen molar-refractivity contribution in [3.05, 3.63) is 29.6 Å². The Hall–Kier alpha value is -2.21. The van der Waals surface area contributed by atoms with Crippen LogP contribution < -0.4 is 10.6 Å². The normalized spacial score (nSPS) is 11.1. The zero-order valence-corrected chi connectivity index (χ0v) is 14.6. The molecule has 2 N–H and O–H groups in total. The second-order valence-corrected chi connectivity index (χ2v) is 7.44. The summed E-state index contributed by atoms with van der Waals surface area (Å²) in [5.74, 6) is -0.130. The number of hydrogen-bond acceptors (Lipinski definition) is 4. The van der Waals surface area contributed by atoms with Crippen molar-refractivity contribution in [3.63, 3.8) is 0 Å². The van der Waals surface area contributed by atoms with Gasteiger partial charge in [0.05, 0.1) is 5.69 Å². The smallest absolute Gasteiger partial charge is 0.226 e. The lowest BCUT2D eigenvalue weighted by Crippen LogP contribution is -2.19. The highest BCUT2D eigenvalue weighted by Crippen LogP contribution is 2.27. The third-order valence-electron chi connectivity index (χ3n) is 2.94. The molecular formula is C17H21N3O2S. The van der Waals surface area contributed by atoms with Gasteiger partial charge < -0.3 is 10.6 Å². The molecule has 0 unspecified atom stereocenters. The van der Waals surface area contributed by atoms with Gasteiger partial charge in [0.25, 0.3) is 0 Å². The molecule has 2 amide bonds. The van der Waals surface area contributed by atoms with Gasteiger partial charge in [0.15, 0.2) is 5.13 Å². The lowest BCUT2D eigenvalue weighted by atomic mass is 9.92. The van der Waals surface area contributed by atoms with Crippen LogP contribution in [0.4, 0.5) is 10.8 Å². The number of anilines is 2. The molecule has 0 aliphatic heterocycles. The van der Waals surface area contributed by atoms with Gasteiger partial charge in [0.2, 0.25) is 11.8 Å². The monoisotopic (exact) mass is 331 g/mol. The quantitative estimate of drug-likeness (QED) is 0.884. The Morgan fingerprint density at radius 3 is 2.35 bits per heavy atom. The minimum absolute atomic E-state index is 0.0283. The molecule has 0 spiro atoms. The number of carbonyl (C=O) groups excluding carboxylic acids is 2. The maximum Gasteiger partial charge on any atom is 0.226 e. The number of amides is 2. The molecular weight excluding hydrogens is 310 g/mol. The molecule has 0 aliphatic rings. The van der Waals surface area contributed by atoms with Crippen LogP contribution in [-0.4, -0.2) is 16.8 Å². The molecule has 0 radical (unpaired) electrons. The van der Waals surface area contributed by atoms with Crippen molar-refractivity contribution in [2.45, 2.75) is 34.1 Å². The zero-order valence-electron chi connectivity index (χ0n) is 13.8. The minimum atomic E-state index is -0.102. The number of hydrogen-bond donors (Lipinski definition) is 2. The molecule has 2 aromatic rings. The molecule has 0 saturated heterocycles. The summed E-state index contributed by atoms with van der Waals surface area (Å²) in [7, 11) is 0. The fourth-order valence-corrected chi connectivity index (χ4v) is 2.77. The Morgan fingerprint density at radius 1 is 1.13 bits per heavy atom. The van der Waals surface area contributed by atoms with Gasteiger partial charge >= 0.3 is 0 Å². The van der Waals surface area contributed by atoms with E-state index in [1.165, 1.54) is 18.3 Å². The third-order valence-corrected chi connectivity index (χ3v) is 3.70. The summed E-state index contributed by atoms with van der Waals surface area (Å²) in [5.41, 5.74) is 2.43. The van der Waals surface area contributed by atoms with Gasteiger partial charge in [0, 0.05) is 30.0 Å². The average molecular weight is 331 g/mol. The molecule has 6 heteroatoms. The Bertz CT molecular complexity index is 699. The summed E-state index contributed by atoms with van der Waals surface area (Å²) in [6.45, 7) is 7.55. The summed E-state index contributed by atoms with van der Waals surface area (Å²) < 4.78 is 0. The third kappa shape index (κ3) is 5.49. The first-order valence-electron chi connectivity index (χ1n) is 7.36. The second-order valence-electron chi connectivity index (χ2n) is 6.58. The van der Waals surface area contributed by atoms with Crippen molar-refractivity contribution in [3.8, 4) is 11.3 Å². The lowest BCUT2D eigenvalue weighted by Gasteiger charge is -2.16.